The van der Waals surface area contributed by atoms with Crippen molar-refractivity contribution < 1.29 is 27.8 Å². The second-order valence-electron chi connectivity index (χ2n) is 12.2. The molecule has 0 aliphatic carbocycles. The lowest BCUT2D eigenvalue weighted by molar-refractivity contribution is -0.0177. The SMILES string of the molecule is C[C@@H]1CCCCO[C@H](CN(C)Cc2ccccc2)[C@@H](C)CN([C@H](C)CO)C(=O)c2cc(NS(=O)(=O)c3cn(C)cn3)ccc2O1. The van der Waals surface area contributed by atoms with Gasteiger partial charge in [0.05, 0.1) is 36.7 Å². The molecule has 0 radical (unpaired) electrons. The second kappa shape index (κ2) is 15.7. The quantitative estimate of drug-likeness (QED) is 0.357. The van der Waals surface area contributed by atoms with E-state index < -0.39 is 16.1 Å². The molecule has 0 saturated carbocycles. The highest BCUT2D eigenvalue weighted by atomic mass is 32.2. The smallest absolute Gasteiger partial charge is 0.280 e. The van der Waals surface area contributed by atoms with E-state index in [1.165, 1.54) is 24.2 Å². The zero-order valence-electron chi connectivity index (χ0n) is 26.9. The van der Waals surface area contributed by atoms with E-state index in [4.69, 9.17) is 9.47 Å². The molecule has 3 aromatic rings. The molecule has 0 fully saturated rings. The Labute approximate surface area is 267 Å². The summed E-state index contributed by atoms with van der Waals surface area (Å²) in [5.74, 6) is -0.0697. The summed E-state index contributed by atoms with van der Waals surface area (Å²) in [4.78, 5) is 22.1. The summed E-state index contributed by atoms with van der Waals surface area (Å²) in [5, 5.41) is 10.1. The number of aryl methyl sites for hydroxylation is 1. The van der Waals surface area contributed by atoms with Gasteiger partial charge in [-0.3, -0.25) is 14.4 Å². The fourth-order valence-corrected chi connectivity index (χ4v) is 6.48. The van der Waals surface area contributed by atoms with Gasteiger partial charge in [0.25, 0.3) is 15.9 Å². The van der Waals surface area contributed by atoms with E-state index in [1.54, 1.807) is 35.6 Å². The van der Waals surface area contributed by atoms with Crippen molar-refractivity contribution in [2.75, 3.05) is 38.1 Å². The monoisotopic (exact) mass is 641 g/mol. The van der Waals surface area contributed by atoms with Crippen molar-refractivity contribution in [2.45, 2.75) is 69.9 Å². The van der Waals surface area contributed by atoms with Crippen molar-refractivity contribution in [3.8, 4) is 5.75 Å². The number of imidazole rings is 1. The molecule has 1 aliphatic heterocycles. The maximum absolute atomic E-state index is 14.3. The summed E-state index contributed by atoms with van der Waals surface area (Å²) < 4.78 is 42.9. The van der Waals surface area contributed by atoms with Crippen LogP contribution < -0.4 is 9.46 Å². The molecule has 4 rings (SSSR count). The number of hydrogen-bond donors (Lipinski definition) is 2. The van der Waals surface area contributed by atoms with Crippen LogP contribution in [0.5, 0.6) is 5.75 Å². The fraction of sp³-hybridized carbons (Fsp3) is 0.515. The van der Waals surface area contributed by atoms with E-state index in [-0.39, 0.29) is 46.9 Å². The van der Waals surface area contributed by atoms with Crippen LogP contribution in [0, 0.1) is 5.92 Å². The number of nitrogens with one attached hydrogen (secondary N) is 1. The van der Waals surface area contributed by atoms with Crippen LogP contribution in [0.1, 0.15) is 56.0 Å². The van der Waals surface area contributed by atoms with Gasteiger partial charge in [0.15, 0.2) is 5.03 Å². The molecule has 1 aliphatic rings. The Morgan fingerprint density at radius 2 is 1.91 bits per heavy atom. The van der Waals surface area contributed by atoms with Gasteiger partial charge < -0.3 is 24.0 Å². The first-order valence-corrected chi connectivity index (χ1v) is 17.0. The Morgan fingerprint density at radius 1 is 1.16 bits per heavy atom. The van der Waals surface area contributed by atoms with Crippen LogP contribution >= 0.6 is 0 Å². The summed E-state index contributed by atoms with van der Waals surface area (Å²) in [5.41, 5.74) is 1.63. The van der Waals surface area contributed by atoms with Gasteiger partial charge in [-0.25, -0.2) is 4.98 Å². The van der Waals surface area contributed by atoms with Crippen LogP contribution in [0.25, 0.3) is 0 Å². The number of ether oxygens (including phenoxy) is 2. The molecule has 11 nitrogen and oxygen atoms in total. The molecule has 2 N–H and O–H groups in total. The number of amides is 1. The van der Waals surface area contributed by atoms with Gasteiger partial charge in [-0.1, -0.05) is 37.3 Å². The van der Waals surface area contributed by atoms with Crippen LogP contribution in [0.15, 0.2) is 66.1 Å². The third kappa shape index (κ3) is 9.52. The van der Waals surface area contributed by atoms with E-state index >= 15 is 0 Å². The van der Waals surface area contributed by atoms with Crippen LogP contribution in [0.3, 0.4) is 0 Å². The number of nitrogens with zero attached hydrogens (tertiary/aromatic N) is 4. The van der Waals surface area contributed by atoms with Gasteiger partial charge in [-0.15, -0.1) is 0 Å². The summed E-state index contributed by atoms with van der Waals surface area (Å²) in [7, 11) is -0.239. The summed E-state index contributed by atoms with van der Waals surface area (Å²) in [6.45, 7) is 7.93. The number of benzene rings is 2. The van der Waals surface area contributed by atoms with Gasteiger partial charge in [0, 0.05) is 51.1 Å². The molecule has 1 amide bonds. The lowest BCUT2D eigenvalue weighted by Crippen LogP contribution is -2.47. The number of likely N-dealkylation sites (N-methyl/N-ethyl adjacent to an activating group) is 1. The van der Waals surface area contributed by atoms with Gasteiger partial charge in [-0.05, 0) is 63.9 Å². The molecule has 0 saturated heterocycles. The molecule has 0 unspecified atom stereocenters. The molecular formula is C33H47N5O6S. The molecule has 45 heavy (non-hydrogen) atoms. The Bertz CT molecular complexity index is 1500. The first kappa shape index (κ1) is 34.4. The standard InChI is InChI=1S/C33H47N5O6S/c1-24-18-38(25(2)22-39)33(40)29-17-28(35-45(41,42)32-21-37(5)23-34-32)14-15-30(29)44-26(3)11-9-10-16-43-31(24)20-36(4)19-27-12-7-6-8-13-27/h6-8,12-15,17,21,23-26,31,35,39H,9-11,16,18-20,22H2,1-5H3/t24-,25+,26+,31+/m0/s1. The van der Waals surface area contributed by atoms with E-state index in [0.29, 0.717) is 25.4 Å². The van der Waals surface area contributed by atoms with Gasteiger partial charge in [-0.2, -0.15) is 8.42 Å². The fourth-order valence-electron chi connectivity index (χ4n) is 5.45. The Morgan fingerprint density at radius 3 is 2.60 bits per heavy atom. The van der Waals surface area contributed by atoms with E-state index in [1.807, 2.05) is 25.1 Å². The predicted molar refractivity (Wildman–Crippen MR) is 174 cm³/mol. The topological polar surface area (TPSA) is 126 Å². The highest BCUT2D eigenvalue weighted by molar-refractivity contribution is 7.92. The molecular weight excluding hydrogens is 594 g/mol. The third-order valence-electron chi connectivity index (χ3n) is 8.05. The van der Waals surface area contributed by atoms with E-state index in [0.717, 1.165) is 25.8 Å². The van der Waals surface area contributed by atoms with Crippen molar-refractivity contribution in [2.24, 2.45) is 13.0 Å². The average molecular weight is 642 g/mol. The van der Waals surface area contributed by atoms with Gasteiger partial charge in [0.1, 0.15) is 5.75 Å². The first-order chi connectivity index (χ1) is 21.5. The highest BCUT2D eigenvalue weighted by Gasteiger charge is 2.31. The van der Waals surface area contributed by atoms with Gasteiger partial charge in [0.2, 0.25) is 0 Å². The van der Waals surface area contributed by atoms with Crippen molar-refractivity contribution in [1.82, 2.24) is 19.4 Å². The lowest BCUT2D eigenvalue weighted by Gasteiger charge is -2.36. The first-order valence-electron chi connectivity index (χ1n) is 15.5. The number of carbonyl (C=O) groups is 1. The maximum atomic E-state index is 14.3. The van der Waals surface area contributed by atoms with Crippen LogP contribution in [-0.4, -0.2) is 90.4 Å². The number of aliphatic hydroxyl groups is 1. The van der Waals surface area contributed by atoms with E-state index in [9.17, 15) is 18.3 Å². The number of aliphatic hydroxyl groups excluding tert-OH is 1. The number of sulfonamides is 1. The second-order valence-corrected chi connectivity index (χ2v) is 13.8. The van der Waals surface area contributed by atoms with Gasteiger partial charge >= 0.3 is 0 Å². The number of fused-ring (bicyclic) bond motifs is 1. The third-order valence-corrected chi connectivity index (χ3v) is 9.31. The molecule has 0 bridgehead atoms. The molecule has 2 heterocycles. The highest BCUT2D eigenvalue weighted by Crippen LogP contribution is 2.29. The number of carbonyl (C=O) groups excluding carboxylic acids is 1. The van der Waals surface area contributed by atoms with Crippen LogP contribution in [0.2, 0.25) is 0 Å². The van der Waals surface area contributed by atoms with Crippen molar-refractivity contribution >= 4 is 21.6 Å². The van der Waals surface area contributed by atoms with Crippen molar-refractivity contribution in [3.63, 3.8) is 0 Å². The zero-order chi connectivity index (χ0) is 32.6. The number of aromatic nitrogens is 2. The molecule has 2 aromatic carbocycles. The maximum Gasteiger partial charge on any atom is 0.280 e. The Balaban J connectivity index is 1.64. The van der Waals surface area contributed by atoms with Crippen LogP contribution in [0.4, 0.5) is 5.69 Å². The molecule has 246 valence electrons. The molecule has 12 heteroatoms. The average Bonchev–Trinajstić information content (AvgIpc) is 3.46. The Hall–Kier alpha value is -3.45. The summed E-state index contributed by atoms with van der Waals surface area (Å²) in [6, 6.07) is 14.5. The van der Waals surface area contributed by atoms with Crippen LogP contribution in [-0.2, 0) is 28.4 Å². The summed E-state index contributed by atoms with van der Waals surface area (Å²) in [6.07, 6.45) is 4.98. The number of rotatable bonds is 9. The Kier molecular flexibility index (Phi) is 12.0. The zero-order valence-corrected chi connectivity index (χ0v) is 27.7. The van der Waals surface area contributed by atoms with Crippen molar-refractivity contribution in [1.29, 1.82) is 0 Å². The predicted octanol–water partition coefficient (Wildman–Crippen LogP) is 4.15. The minimum Gasteiger partial charge on any atom is -0.490 e. The summed E-state index contributed by atoms with van der Waals surface area (Å²) >= 11 is 0. The number of hydrogen-bond acceptors (Lipinski definition) is 8. The minimum atomic E-state index is -3.99. The normalized spacial score (nSPS) is 21.1. The molecule has 1 aromatic heterocycles. The number of anilines is 1. The molecule has 0 spiro atoms. The minimum absolute atomic E-state index is 0.0711. The lowest BCUT2D eigenvalue weighted by atomic mass is 10.0. The van der Waals surface area contributed by atoms with Crippen molar-refractivity contribution in [3.05, 3.63) is 72.2 Å². The molecule has 4 atom stereocenters. The largest absolute Gasteiger partial charge is 0.490 e. The van der Waals surface area contributed by atoms with E-state index in [2.05, 4.69) is 40.7 Å².